The first-order chi connectivity index (χ1) is 11.6. The van der Waals surface area contributed by atoms with E-state index in [9.17, 15) is 5.11 Å². The smallest absolute Gasteiger partial charge is 0.111 e. The van der Waals surface area contributed by atoms with Crippen molar-refractivity contribution in [3.63, 3.8) is 0 Å². The molecule has 4 unspecified atom stereocenters. The Morgan fingerprint density at radius 2 is 1.29 bits per heavy atom. The highest BCUT2D eigenvalue weighted by atomic mass is 16.5. The van der Waals surface area contributed by atoms with E-state index in [2.05, 4.69) is 0 Å². The maximum atomic E-state index is 10.4. The third kappa shape index (κ3) is 5.73. The van der Waals surface area contributed by atoms with Gasteiger partial charge in [0.1, 0.15) is 6.10 Å². The second-order valence-corrected chi connectivity index (χ2v) is 6.11. The van der Waals surface area contributed by atoms with Gasteiger partial charge in [-0.3, -0.25) is 0 Å². The Hall–Kier alpha value is -1.72. The largest absolute Gasteiger partial charge is 0.389 e. The summed E-state index contributed by atoms with van der Waals surface area (Å²) in [6.45, 7) is 4.56. The fourth-order valence-corrected chi connectivity index (χ4v) is 2.47. The number of rotatable bonds is 9. The molecule has 2 aromatic carbocycles. The number of nitrogens with two attached hydrogens (primary N) is 1. The predicted molar refractivity (Wildman–Crippen MR) is 95.4 cm³/mol. The molecule has 0 aromatic heterocycles. The van der Waals surface area contributed by atoms with Crippen LogP contribution in [0.2, 0.25) is 0 Å². The average molecular weight is 329 g/mol. The molecule has 0 fully saturated rings. The molecule has 0 aliphatic carbocycles. The minimum absolute atomic E-state index is 0.282. The minimum atomic E-state index is -0.792. The van der Waals surface area contributed by atoms with Gasteiger partial charge in [-0.15, -0.1) is 0 Å². The summed E-state index contributed by atoms with van der Waals surface area (Å²) in [6, 6.07) is 19.4. The molecular formula is C20H27NO3. The van der Waals surface area contributed by atoms with Gasteiger partial charge in [0.05, 0.1) is 25.4 Å². The summed E-state index contributed by atoms with van der Waals surface area (Å²) in [5.41, 5.74) is 8.00. The summed E-state index contributed by atoms with van der Waals surface area (Å²) in [5.74, 6) is 0. The molecule has 2 rings (SSSR count). The first-order valence-electron chi connectivity index (χ1n) is 8.32. The zero-order chi connectivity index (χ0) is 17.4. The number of benzene rings is 2. The number of aliphatic hydroxyl groups excluding tert-OH is 1. The molecule has 0 aliphatic rings. The van der Waals surface area contributed by atoms with Gasteiger partial charge >= 0.3 is 0 Å². The van der Waals surface area contributed by atoms with E-state index in [0.717, 1.165) is 11.1 Å². The second kappa shape index (κ2) is 9.55. The normalized spacial score (nSPS) is 16.3. The third-order valence-corrected chi connectivity index (χ3v) is 3.98. The van der Waals surface area contributed by atoms with Crippen LogP contribution in [-0.2, 0) is 22.7 Å². The van der Waals surface area contributed by atoms with Crippen LogP contribution in [0.4, 0.5) is 0 Å². The number of hydrogen-bond donors (Lipinski definition) is 2. The fraction of sp³-hybridized carbons (Fsp3) is 0.400. The molecule has 4 nitrogen and oxygen atoms in total. The van der Waals surface area contributed by atoms with E-state index in [4.69, 9.17) is 15.2 Å². The Morgan fingerprint density at radius 1 is 0.833 bits per heavy atom. The molecule has 3 N–H and O–H groups in total. The number of ether oxygens (including phenoxy) is 2. The van der Waals surface area contributed by atoms with Gasteiger partial charge in [-0.2, -0.15) is 0 Å². The molecule has 0 aliphatic heterocycles. The molecule has 0 heterocycles. The van der Waals surface area contributed by atoms with E-state index in [-0.39, 0.29) is 6.10 Å². The van der Waals surface area contributed by atoms with Crippen LogP contribution >= 0.6 is 0 Å². The lowest BCUT2D eigenvalue weighted by molar-refractivity contribution is -0.129. The van der Waals surface area contributed by atoms with E-state index in [0.29, 0.717) is 13.2 Å². The molecule has 24 heavy (non-hydrogen) atoms. The van der Waals surface area contributed by atoms with Crippen molar-refractivity contribution in [2.24, 2.45) is 5.73 Å². The van der Waals surface area contributed by atoms with E-state index < -0.39 is 18.2 Å². The van der Waals surface area contributed by atoms with Crippen LogP contribution in [0.1, 0.15) is 25.0 Å². The molecule has 0 bridgehead atoms. The van der Waals surface area contributed by atoms with Crippen LogP contribution in [0.15, 0.2) is 60.7 Å². The highest BCUT2D eigenvalue weighted by Crippen LogP contribution is 2.16. The lowest BCUT2D eigenvalue weighted by Gasteiger charge is -2.31. The summed E-state index contributed by atoms with van der Waals surface area (Å²) in [4.78, 5) is 0. The number of hydrogen-bond acceptors (Lipinski definition) is 4. The summed E-state index contributed by atoms with van der Waals surface area (Å²) in [7, 11) is 0. The molecule has 0 amide bonds. The Morgan fingerprint density at radius 3 is 1.75 bits per heavy atom. The van der Waals surface area contributed by atoms with Crippen molar-refractivity contribution in [2.75, 3.05) is 0 Å². The number of aliphatic hydroxyl groups is 1. The van der Waals surface area contributed by atoms with Gasteiger partial charge in [0, 0.05) is 6.04 Å². The molecule has 4 atom stereocenters. The van der Waals surface area contributed by atoms with Gasteiger partial charge < -0.3 is 20.3 Å². The molecule has 4 heteroatoms. The summed E-state index contributed by atoms with van der Waals surface area (Å²) >= 11 is 0. The van der Waals surface area contributed by atoms with Crippen LogP contribution < -0.4 is 5.73 Å². The van der Waals surface area contributed by atoms with Crippen molar-refractivity contribution in [2.45, 2.75) is 51.4 Å². The van der Waals surface area contributed by atoms with Gasteiger partial charge in [-0.1, -0.05) is 60.7 Å². The topological polar surface area (TPSA) is 64.7 Å². The van der Waals surface area contributed by atoms with Gasteiger partial charge in [-0.25, -0.2) is 0 Å². The van der Waals surface area contributed by atoms with E-state index in [1.165, 1.54) is 0 Å². The quantitative estimate of drug-likeness (QED) is 0.742. The van der Waals surface area contributed by atoms with Crippen molar-refractivity contribution in [3.05, 3.63) is 71.8 Å². The summed E-state index contributed by atoms with van der Waals surface area (Å²) in [5, 5.41) is 10.4. The molecule has 130 valence electrons. The first-order valence-corrected chi connectivity index (χ1v) is 8.32. The second-order valence-electron chi connectivity index (χ2n) is 6.11. The van der Waals surface area contributed by atoms with Crippen LogP contribution in [-0.4, -0.2) is 29.5 Å². The van der Waals surface area contributed by atoms with Crippen molar-refractivity contribution in [3.8, 4) is 0 Å². The van der Waals surface area contributed by atoms with Crippen molar-refractivity contribution in [1.29, 1.82) is 0 Å². The van der Waals surface area contributed by atoms with E-state index in [1.807, 2.05) is 67.6 Å². The predicted octanol–water partition coefficient (Wildman–Crippen LogP) is 2.89. The van der Waals surface area contributed by atoms with E-state index in [1.54, 1.807) is 6.92 Å². The zero-order valence-electron chi connectivity index (χ0n) is 14.3. The Balaban J connectivity index is 1.96. The molecule has 2 aromatic rings. The van der Waals surface area contributed by atoms with Crippen molar-refractivity contribution >= 4 is 0 Å². The first kappa shape index (κ1) is 18.6. The van der Waals surface area contributed by atoms with E-state index >= 15 is 0 Å². The lowest BCUT2D eigenvalue weighted by atomic mass is 10.0. The van der Waals surface area contributed by atoms with Gasteiger partial charge in [0.2, 0.25) is 0 Å². The zero-order valence-corrected chi connectivity index (χ0v) is 14.3. The summed E-state index contributed by atoms with van der Waals surface area (Å²) < 4.78 is 11.9. The van der Waals surface area contributed by atoms with Crippen molar-refractivity contribution < 1.29 is 14.6 Å². The molecule has 0 saturated carbocycles. The van der Waals surface area contributed by atoms with Gasteiger partial charge in [-0.05, 0) is 25.0 Å². The fourth-order valence-electron chi connectivity index (χ4n) is 2.47. The maximum absolute atomic E-state index is 10.4. The minimum Gasteiger partial charge on any atom is -0.389 e. The Kier molecular flexibility index (Phi) is 7.40. The summed E-state index contributed by atoms with van der Waals surface area (Å²) in [6.07, 6.45) is -1.57. The molecule has 0 radical (unpaired) electrons. The van der Waals surface area contributed by atoms with Crippen molar-refractivity contribution in [1.82, 2.24) is 0 Å². The maximum Gasteiger partial charge on any atom is 0.111 e. The van der Waals surface area contributed by atoms with Gasteiger partial charge in [0.25, 0.3) is 0 Å². The molecular weight excluding hydrogens is 302 g/mol. The van der Waals surface area contributed by atoms with Crippen LogP contribution in [0, 0.1) is 0 Å². The van der Waals surface area contributed by atoms with Crippen LogP contribution in [0.5, 0.6) is 0 Å². The standard InChI is InChI=1S/C20H27NO3/c1-15(21)19(22)20(24-14-18-11-7-4-8-12-18)16(2)23-13-17-9-5-3-6-10-17/h3-12,15-16,19-20,22H,13-14,21H2,1-2H3. The molecule has 0 spiro atoms. The van der Waals surface area contributed by atoms with Crippen LogP contribution in [0.3, 0.4) is 0 Å². The Bertz CT molecular complexity index is 574. The lowest BCUT2D eigenvalue weighted by Crippen LogP contribution is -2.48. The van der Waals surface area contributed by atoms with Gasteiger partial charge in [0.15, 0.2) is 0 Å². The Labute approximate surface area is 144 Å². The molecule has 0 saturated heterocycles. The highest BCUT2D eigenvalue weighted by Gasteiger charge is 2.29. The highest BCUT2D eigenvalue weighted by molar-refractivity contribution is 5.14. The average Bonchev–Trinajstić information content (AvgIpc) is 2.61. The monoisotopic (exact) mass is 329 g/mol. The SMILES string of the molecule is CC(N)C(O)C(OCc1ccccc1)C(C)OCc1ccccc1. The van der Waals surface area contributed by atoms with Crippen LogP contribution in [0.25, 0.3) is 0 Å². The third-order valence-electron chi connectivity index (χ3n) is 3.98.